The smallest absolute Gasteiger partial charge is 0.00685 e. The SMILES string of the molecule is C=CC(C)(CNC1CC1)Cc1c(C)cccc1C. The fourth-order valence-electron chi connectivity index (χ4n) is 2.40. The van der Waals surface area contributed by atoms with Gasteiger partial charge in [-0.1, -0.05) is 31.2 Å². The molecule has 1 saturated carbocycles. The van der Waals surface area contributed by atoms with Crippen LogP contribution in [0.5, 0.6) is 0 Å². The summed E-state index contributed by atoms with van der Waals surface area (Å²) >= 11 is 0. The normalized spacial score (nSPS) is 18.4. The summed E-state index contributed by atoms with van der Waals surface area (Å²) in [5.74, 6) is 0. The first-order chi connectivity index (χ1) is 8.54. The average Bonchev–Trinajstić information content (AvgIpc) is 3.16. The minimum absolute atomic E-state index is 0.152. The first-order valence-electron chi connectivity index (χ1n) is 6.96. The van der Waals surface area contributed by atoms with Gasteiger partial charge in [0.05, 0.1) is 0 Å². The van der Waals surface area contributed by atoms with Crippen molar-refractivity contribution in [1.82, 2.24) is 5.32 Å². The van der Waals surface area contributed by atoms with Crippen LogP contribution in [0.1, 0.15) is 36.5 Å². The number of hydrogen-bond donors (Lipinski definition) is 1. The van der Waals surface area contributed by atoms with E-state index >= 15 is 0 Å². The zero-order valence-corrected chi connectivity index (χ0v) is 11.9. The Hall–Kier alpha value is -1.08. The van der Waals surface area contributed by atoms with Gasteiger partial charge in [-0.25, -0.2) is 0 Å². The molecule has 0 spiro atoms. The highest BCUT2D eigenvalue weighted by molar-refractivity contribution is 5.35. The highest BCUT2D eigenvalue weighted by Crippen LogP contribution is 2.28. The highest BCUT2D eigenvalue weighted by Gasteiger charge is 2.27. The molecule has 98 valence electrons. The average molecular weight is 243 g/mol. The Morgan fingerprint density at radius 1 is 1.33 bits per heavy atom. The highest BCUT2D eigenvalue weighted by atomic mass is 15.0. The topological polar surface area (TPSA) is 12.0 Å². The molecule has 0 bridgehead atoms. The van der Waals surface area contributed by atoms with Gasteiger partial charge in [0.2, 0.25) is 0 Å². The molecule has 1 fully saturated rings. The third kappa shape index (κ3) is 3.23. The molecule has 1 unspecified atom stereocenters. The molecule has 1 aromatic carbocycles. The van der Waals surface area contributed by atoms with Crippen LogP contribution in [0, 0.1) is 19.3 Å². The van der Waals surface area contributed by atoms with Gasteiger partial charge in [-0.3, -0.25) is 0 Å². The van der Waals surface area contributed by atoms with Gasteiger partial charge in [0.1, 0.15) is 0 Å². The van der Waals surface area contributed by atoms with E-state index in [-0.39, 0.29) is 5.41 Å². The van der Waals surface area contributed by atoms with Crippen molar-refractivity contribution in [3.8, 4) is 0 Å². The van der Waals surface area contributed by atoms with Gasteiger partial charge in [0.25, 0.3) is 0 Å². The summed E-state index contributed by atoms with van der Waals surface area (Å²) in [7, 11) is 0. The summed E-state index contributed by atoms with van der Waals surface area (Å²) in [6, 6.07) is 7.32. The van der Waals surface area contributed by atoms with Crippen LogP contribution in [0.25, 0.3) is 0 Å². The van der Waals surface area contributed by atoms with E-state index in [9.17, 15) is 0 Å². The van der Waals surface area contributed by atoms with Gasteiger partial charge in [-0.2, -0.15) is 0 Å². The molecule has 1 aromatic rings. The molecular formula is C17H25N. The number of aryl methyl sites for hydroxylation is 2. The summed E-state index contributed by atoms with van der Waals surface area (Å²) < 4.78 is 0. The van der Waals surface area contributed by atoms with Crippen molar-refractivity contribution in [3.63, 3.8) is 0 Å². The van der Waals surface area contributed by atoms with Crippen molar-refractivity contribution in [2.45, 2.75) is 46.1 Å². The third-order valence-electron chi connectivity index (χ3n) is 4.09. The molecule has 0 heterocycles. The molecule has 1 atom stereocenters. The van der Waals surface area contributed by atoms with Crippen LogP contribution in [0.2, 0.25) is 0 Å². The summed E-state index contributed by atoms with van der Waals surface area (Å²) in [6.07, 6.45) is 5.89. The van der Waals surface area contributed by atoms with Gasteiger partial charge in [-0.15, -0.1) is 6.58 Å². The van der Waals surface area contributed by atoms with E-state index < -0.39 is 0 Å². The Morgan fingerprint density at radius 2 is 1.94 bits per heavy atom. The largest absolute Gasteiger partial charge is 0.313 e. The van der Waals surface area contributed by atoms with Gasteiger partial charge >= 0.3 is 0 Å². The first-order valence-corrected chi connectivity index (χ1v) is 6.96. The maximum atomic E-state index is 4.05. The summed E-state index contributed by atoms with van der Waals surface area (Å²) in [5, 5.41) is 3.64. The van der Waals surface area contributed by atoms with Crippen LogP contribution >= 0.6 is 0 Å². The maximum Gasteiger partial charge on any atom is 0.00685 e. The molecule has 18 heavy (non-hydrogen) atoms. The Balaban J connectivity index is 2.10. The molecule has 1 N–H and O–H groups in total. The monoisotopic (exact) mass is 243 g/mol. The number of nitrogens with one attached hydrogen (secondary N) is 1. The lowest BCUT2D eigenvalue weighted by Crippen LogP contribution is -2.33. The second kappa shape index (κ2) is 5.27. The molecule has 0 aliphatic heterocycles. The summed E-state index contributed by atoms with van der Waals surface area (Å²) in [4.78, 5) is 0. The maximum absolute atomic E-state index is 4.05. The fraction of sp³-hybridized carbons (Fsp3) is 0.529. The Labute approximate surface area is 111 Å². The molecule has 1 aliphatic rings. The van der Waals surface area contributed by atoms with E-state index in [1.165, 1.54) is 29.5 Å². The van der Waals surface area contributed by atoms with Crippen molar-refractivity contribution in [3.05, 3.63) is 47.5 Å². The van der Waals surface area contributed by atoms with E-state index in [1.54, 1.807) is 0 Å². The van der Waals surface area contributed by atoms with Gasteiger partial charge in [0, 0.05) is 18.0 Å². The molecule has 0 aromatic heterocycles. The van der Waals surface area contributed by atoms with Crippen LogP contribution in [0.15, 0.2) is 30.9 Å². The molecule has 2 rings (SSSR count). The molecule has 1 nitrogen and oxygen atoms in total. The standard InChI is InChI=1S/C17H25N/c1-5-17(4,12-18-15-9-10-15)11-16-13(2)7-6-8-14(16)3/h5-8,15,18H,1,9-12H2,2-4H3. The predicted octanol–water partition coefficient (Wildman–Crippen LogP) is 3.79. The Kier molecular flexibility index (Phi) is 3.91. The van der Waals surface area contributed by atoms with Crippen molar-refractivity contribution in [1.29, 1.82) is 0 Å². The van der Waals surface area contributed by atoms with E-state index in [4.69, 9.17) is 0 Å². The minimum atomic E-state index is 0.152. The van der Waals surface area contributed by atoms with Crippen LogP contribution in [-0.4, -0.2) is 12.6 Å². The third-order valence-corrected chi connectivity index (χ3v) is 4.09. The van der Waals surface area contributed by atoms with Crippen LogP contribution in [0.4, 0.5) is 0 Å². The van der Waals surface area contributed by atoms with E-state index in [1.807, 2.05) is 0 Å². The predicted molar refractivity (Wildman–Crippen MR) is 78.9 cm³/mol. The van der Waals surface area contributed by atoms with Crippen LogP contribution < -0.4 is 5.32 Å². The first kappa shape index (κ1) is 13.4. The van der Waals surface area contributed by atoms with Crippen LogP contribution in [0.3, 0.4) is 0 Å². The zero-order valence-electron chi connectivity index (χ0n) is 11.9. The van der Waals surface area contributed by atoms with Gasteiger partial charge in [-0.05, 0) is 49.8 Å². The molecule has 0 radical (unpaired) electrons. The van der Waals surface area contributed by atoms with Crippen molar-refractivity contribution in [2.75, 3.05) is 6.54 Å². The van der Waals surface area contributed by atoms with Gasteiger partial charge < -0.3 is 5.32 Å². The molecule has 1 heteroatoms. The van der Waals surface area contributed by atoms with E-state index in [0.717, 1.165) is 19.0 Å². The number of hydrogen-bond acceptors (Lipinski definition) is 1. The Morgan fingerprint density at radius 3 is 2.44 bits per heavy atom. The number of benzene rings is 1. The lowest BCUT2D eigenvalue weighted by Gasteiger charge is -2.28. The second-order valence-corrected chi connectivity index (χ2v) is 6.06. The quantitative estimate of drug-likeness (QED) is 0.750. The van der Waals surface area contributed by atoms with Gasteiger partial charge in [0.15, 0.2) is 0 Å². The lowest BCUT2D eigenvalue weighted by atomic mass is 9.81. The molecular weight excluding hydrogens is 218 g/mol. The lowest BCUT2D eigenvalue weighted by molar-refractivity contribution is 0.388. The van der Waals surface area contributed by atoms with Crippen molar-refractivity contribution < 1.29 is 0 Å². The van der Waals surface area contributed by atoms with E-state index in [0.29, 0.717) is 0 Å². The van der Waals surface area contributed by atoms with Crippen molar-refractivity contribution in [2.24, 2.45) is 5.41 Å². The Bertz CT molecular complexity index is 411. The fourth-order valence-corrected chi connectivity index (χ4v) is 2.40. The second-order valence-electron chi connectivity index (χ2n) is 6.06. The molecule has 0 saturated heterocycles. The number of rotatable bonds is 6. The molecule has 0 amide bonds. The van der Waals surface area contributed by atoms with Crippen LogP contribution in [-0.2, 0) is 6.42 Å². The zero-order chi connectivity index (χ0) is 13.2. The summed E-state index contributed by atoms with van der Waals surface area (Å²) in [5.41, 5.74) is 4.43. The van der Waals surface area contributed by atoms with Crippen molar-refractivity contribution >= 4 is 0 Å². The summed E-state index contributed by atoms with van der Waals surface area (Å²) in [6.45, 7) is 11.8. The minimum Gasteiger partial charge on any atom is -0.313 e. The van der Waals surface area contributed by atoms with E-state index in [2.05, 4.69) is 56.9 Å². The molecule has 1 aliphatic carbocycles.